The summed E-state index contributed by atoms with van der Waals surface area (Å²) < 4.78 is 0. The van der Waals surface area contributed by atoms with Gasteiger partial charge in [-0.3, -0.25) is 4.79 Å². The van der Waals surface area contributed by atoms with Gasteiger partial charge in [-0.2, -0.15) is 10.1 Å². The van der Waals surface area contributed by atoms with Crippen LogP contribution in [-0.4, -0.2) is 24.7 Å². The molecule has 0 saturated heterocycles. The molecular weight excluding hydrogens is 312 g/mol. The first-order valence-electron chi connectivity index (χ1n) is 7.45. The van der Waals surface area contributed by atoms with Gasteiger partial charge in [-0.15, -0.1) is 0 Å². The minimum Gasteiger partial charge on any atom is -0.272 e. The van der Waals surface area contributed by atoms with Gasteiger partial charge in [0.05, 0.1) is 13.8 Å². The number of hydrogen-bond donors (Lipinski definition) is 0. The molecule has 1 amide bonds. The predicted octanol–water partition coefficient (Wildman–Crippen LogP) is 4.36. The van der Waals surface area contributed by atoms with Crippen LogP contribution in [0.3, 0.4) is 0 Å². The molecule has 2 rings (SSSR count). The Kier molecular flexibility index (Phi) is 5.10. The van der Waals surface area contributed by atoms with Gasteiger partial charge in [0.2, 0.25) is 0 Å². The number of hydrogen-bond acceptors (Lipinski definition) is 2. The standard InChI is InChI=1S/C17H21ClN2OSi/c1-13(22(2,3)4)11-12-20-17(21)10-9-16(19-20)14-5-7-15(18)8-6-14/h5-8,13H,9-10H2,1-4H3. The third-order valence-electron chi connectivity index (χ3n) is 3.90. The van der Waals surface area contributed by atoms with E-state index in [0.29, 0.717) is 23.4 Å². The highest BCUT2D eigenvalue weighted by Crippen LogP contribution is 2.20. The normalized spacial score (nSPS) is 16.7. The van der Waals surface area contributed by atoms with Crippen LogP contribution in [0.15, 0.2) is 29.4 Å². The number of benzene rings is 1. The molecule has 1 unspecified atom stereocenters. The summed E-state index contributed by atoms with van der Waals surface area (Å²) in [6.07, 6.45) is 1.08. The number of carbonyl (C=O) groups is 1. The van der Waals surface area contributed by atoms with Gasteiger partial charge in [0.25, 0.3) is 5.91 Å². The smallest absolute Gasteiger partial charge is 0.255 e. The number of rotatable bonds is 2. The highest BCUT2D eigenvalue weighted by Gasteiger charge is 2.22. The van der Waals surface area contributed by atoms with Crippen LogP contribution in [0.5, 0.6) is 0 Å². The number of halogens is 1. The van der Waals surface area contributed by atoms with E-state index in [2.05, 4.69) is 43.6 Å². The van der Waals surface area contributed by atoms with E-state index in [-0.39, 0.29) is 5.91 Å². The van der Waals surface area contributed by atoms with Crippen molar-refractivity contribution in [1.82, 2.24) is 5.01 Å². The van der Waals surface area contributed by atoms with Crippen molar-refractivity contribution < 1.29 is 4.79 Å². The summed E-state index contributed by atoms with van der Waals surface area (Å²) >= 11 is 5.91. The van der Waals surface area contributed by atoms with Crippen LogP contribution in [0.1, 0.15) is 25.3 Å². The average molecular weight is 333 g/mol. The molecule has 116 valence electrons. The zero-order valence-corrected chi connectivity index (χ0v) is 15.2. The van der Waals surface area contributed by atoms with Crippen molar-refractivity contribution in [2.24, 2.45) is 5.10 Å². The molecule has 0 spiro atoms. The maximum absolute atomic E-state index is 12.0. The molecule has 0 saturated carbocycles. The maximum atomic E-state index is 12.0. The molecule has 1 aromatic rings. The molecule has 0 fully saturated rings. The van der Waals surface area contributed by atoms with Gasteiger partial charge in [-0.05, 0) is 17.7 Å². The van der Waals surface area contributed by atoms with Crippen LogP contribution >= 0.6 is 11.6 Å². The molecule has 1 heterocycles. The van der Waals surface area contributed by atoms with Crippen molar-refractivity contribution in [1.29, 1.82) is 0 Å². The van der Waals surface area contributed by atoms with E-state index in [1.165, 1.54) is 5.01 Å². The summed E-state index contributed by atoms with van der Waals surface area (Å²) in [5, 5.41) is 6.42. The van der Waals surface area contributed by atoms with Crippen LogP contribution < -0.4 is 0 Å². The molecule has 0 radical (unpaired) electrons. The SMILES string of the molecule is CC(C#CN1N=C(c2ccc(Cl)cc2)CCC1=O)[Si](C)(C)C. The molecule has 22 heavy (non-hydrogen) atoms. The van der Waals surface area contributed by atoms with Gasteiger partial charge in [0, 0.05) is 29.4 Å². The number of carbonyl (C=O) groups excluding carboxylic acids is 1. The number of hydrazone groups is 1. The van der Waals surface area contributed by atoms with Crippen LogP contribution in [0.2, 0.25) is 30.2 Å². The average Bonchev–Trinajstić information content (AvgIpc) is 2.46. The molecule has 0 aromatic heterocycles. The van der Waals surface area contributed by atoms with Crippen LogP contribution in [-0.2, 0) is 4.79 Å². The molecule has 0 bridgehead atoms. The largest absolute Gasteiger partial charge is 0.272 e. The number of amides is 1. The quantitative estimate of drug-likeness (QED) is 0.585. The Labute approximate surface area is 138 Å². The third kappa shape index (κ3) is 4.22. The summed E-state index contributed by atoms with van der Waals surface area (Å²) in [5.41, 5.74) is 2.18. The minimum absolute atomic E-state index is 0.0343. The van der Waals surface area contributed by atoms with E-state index in [9.17, 15) is 4.79 Å². The van der Waals surface area contributed by atoms with E-state index < -0.39 is 8.07 Å². The zero-order chi connectivity index (χ0) is 16.3. The van der Waals surface area contributed by atoms with Gasteiger partial charge in [-0.1, -0.05) is 56.2 Å². The van der Waals surface area contributed by atoms with E-state index in [1.54, 1.807) is 0 Å². The van der Waals surface area contributed by atoms with E-state index in [0.717, 1.165) is 11.3 Å². The van der Waals surface area contributed by atoms with Crippen LogP contribution in [0.4, 0.5) is 0 Å². The first-order valence-corrected chi connectivity index (χ1v) is 11.4. The van der Waals surface area contributed by atoms with Crippen LogP contribution in [0.25, 0.3) is 0 Å². The lowest BCUT2D eigenvalue weighted by Gasteiger charge is -2.21. The molecule has 0 aliphatic carbocycles. The second kappa shape index (κ2) is 6.68. The lowest BCUT2D eigenvalue weighted by molar-refractivity contribution is -0.128. The fraction of sp³-hybridized carbons (Fsp3) is 0.412. The van der Waals surface area contributed by atoms with Crippen molar-refractivity contribution >= 4 is 31.3 Å². The zero-order valence-electron chi connectivity index (χ0n) is 13.5. The summed E-state index contributed by atoms with van der Waals surface area (Å²) in [6.45, 7) is 8.93. The molecule has 1 aliphatic rings. The van der Waals surface area contributed by atoms with Crippen molar-refractivity contribution in [3.05, 3.63) is 34.9 Å². The predicted molar refractivity (Wildman–Crippen MR) is 94.6 cm³/mol. The second-order valence-electron chi connectivity index (χ2n) is 6.60. The highest BCUT2D eigenvalue weighted by atomic mass is 35.5. The Morgan fingerprint density at radius 3 is 2.45 bits per heavy atom. The second-order valence-corrected chi connectivity index (χ2v) is 12.6. The first kappa shape index (κ1) is 16.8. The number of nitrogens with zero attached hydrogens (tertiary/aromatic N) is 2. The minimum atomic E-state index is -1.33. The maximum Gasteiger partial charge on any atom is 0.255 e. The van der Waals surface area contributed by atoms with Crippen molar-refractivity contribution in [3.63, 3.8) is 0 Å². The Morgan fingerprint density at radius 1 is 1.23 bits per heavy atom. The molecule has 1 aromatic carbocycles. The Balaban J connectivity index is 2.24. The summed E-state index contributed by atoms with van der Waals surface area (Å²) in [5.74, 6) is 3.16. The fourth-order valence-electron chi connectivity index (χ4n) is 1.86. The molecule has 5 heteroatoms. The van der Waals surface area contributed by atoms with Crippen LogP contribution in [0, 0.1) is 12.0 Å². The lowest BCUT2D eigenvalue weighted by atomic mass is 10.0. The summed E-state index contributed by atoms with van der Waals surface area (Å²) in [4.78, 5) is 12.0. The third-order valence-corrected chi connectivity index (χ3v) is 6.89. The Morgan fingerprint density at radius 2 is 1.86 bits per heavy atom. The first-order chi connectivity index (χ1) is 10.3. The van der Waals surface area contributed by atoms with Crippen molar-refractivity contribution in [3.8, 4) is 12.0 Å². The molecule has 0 N–H and O–H groups in total. The molecular formula is C17H21ClN2OSi. The topological polar surface area (TPSA) is 32.7 Å². The van der Waals surface area contributed by atoms with Gasteiger partial charge in [-0.25, -0.2) is 0 Å². The lowest BCUT2D eigenvalue weighted by Crippen LogP contribution is -2.29. The monoisotopic (exact) mass is 332 g/mol. The van der Waals surface area contributed by atoms with Gasteiger partial charge < -0.3 is 0 Å². The highest BCUT2D eigenvalue weighted by molar-refractivity contribution is 6.78. The van der Waals surface area contributed by atoms with Gasteiger partial charge in [0.1, 0.15) is 0 Å². The van der Waals surface area contributed by atoms with E-state index >= 15 is 0 Å². The Hall–Kier alpha value is -1.57. The molecule has 1 atom stereocenters. The summed E-state index contributed by atoms with van der Waals surface area (Å²) in [7, 11) is -1.33. The van der Waals surface area contributed by atoms with Gasteiger partial charge >= 0.3 is 0 Å². The Bertz CT molecular complexity index is 650. The van der Waals surface area contributed by atoms with Crippen molar-refractivity contribution in [2.75, 3.05) is 0 Å². The van der Waals surface area contributed by atoms with E-state index in [4.69, 9.17) is 11.6 Å². The molecule has 3 nitrogen and oxygen atoms in total. The van der Waals surface area contributed by atoms with E-state index in [1.807, 2.05) is 24.3 Å². The summed E-state index contributed by atoms with van der Waals surface area (Å²) in [6, 6.07) is 10.5. The van der Waals surface area contributed by atoms with Crippen molar-refractivity contribution in [2.45, 2.75) is 44.9 Å². The molecule has 1 aliphatic heterocycles. The fourth-order valence-corrected chi connectivity index (χ4v) is 2.49. The van der Waals surface area contributed by atoms with Gasteiger partial charge in [0.15, 0.2) is 0 Å².